The lowest BCUT2D eigenvalue weighted by molar-refractivity contribution is -0.123. The average molecular weight is 462 g/mol. The molecule has 1 aliphatic heterocycles. The molecular formula is C21H17Cl2N3O3S. The molecule has 9 heteroatoms. The van der Waals surface area contributed by atoms with E-state index in [1.165, 1.54) is 4.90 Å². The molecule has 1 N–H and O–H groups in total. The molecule has 2 aromatic carbocycles. The van der Waals surface area contributed by atoms with Gasteiger partial charge in [-0.2, -0.15) is 0 Å². The largest absolute Gasteiger partial charge is 0.482 e. The van der Waals surface area contributed by atoms with E-state index in [1.807, 2.05) is 26.0 Å². The molecule has 0 aliphatic carbocycles. The number of thiazole rings is 1. The van der Waals surface area contributed by atoms with Gasteiger partial charge in [0.25, 0.3) is 5.91 Å². The van der Waals surface area contributed by atoms with Crippen LogP contribution in [-0.4, -0.2) is 29.9 Å². The minimum atomic E-state index is -0.360. The van der Waals surface area contributed by atoms with Gasteiger partial charge in [-0.1, -0.05) is 23.2 Å². The summed E-state index contributed by atoms with van der Waals surface area (Å²) in [7, 11) is 0. The molecular weight excluding hydrogens is 445 g/mol. The number of carbonyl (C=O) groups excluding carboxylic acids is 2. The van der Waals surface area contributed by atoms with Gasteiger partial charge in [0, 0.05) is 16.1 Å². The lowest BCUT2D eigenvalue weighted by atomic mass is 10.1. The van der Waals surface area contributed by atoms with Crippen molar-refractivity contribution < 1.29 is 14.3 Å². The number of nitrogens with one attached hydrogen (secondary N) is 1. The van der Waals surface area contributed by atoms with E-state index in [4.69, 9.17) is 27.9 Å². The number of ether oxygens (including phenoxy) is 1. The first-order valence-corrected chi connectivity index (χ1v) is 10.7. The maximum atomic E-state index is 12.6. The van der Waals surface area contributed by atoms with Gasteiger partial charge in [-0.3, -0.25) is 14.5 Å². The van der Waals surface area contributed by atoms with Crippen molar-refractivity contribution >= 4 is 57.7 Å². The predicted octanol–water partition coefficient (Wildman–Crippen LogP) is 5.10. The number of hydrogen-bond donors (Lipinski definition) is 1. The zero-order valence-electron chi connectivity index (χ0n) is 16.2. The molecule has 1 aliphatic rings. The van der Waals surface area contributed by atoms with Crippen molar-refractivity contribution in [3.63, 3.8) is 0 Å². The van der Waals surface area contributed by atoms with Crippen LogP contribution in [0.4, 0.5) is 11.4 Å². The quantitative estimate of drug-likeness (QED) is 0.586. The Bertz CT molecular complexity index is 1160. The summed E-state index contributed by atoms with van der Waals surface area (Å²) in [5.41, 5.74) is 2.76. The van der Waals surface area contributed by atoms with Crippen LogP contribution in [0.5, 0.6) is 5.75 Å². The number of aryl methyl sites for hydroxylation is 2. The van der Waals surface area contributed by atoms with E-state index < -0.39 is 0 Å². The van der Waals surface area contributed by atoms with E-state index in [9.17, 15) is 9.59 Å². The Balaban J connectivity index is 1.60. The summed E-state index contributed by atoms with van der Waals surface area (Å²) in [5.74, 6) is -0.110. The third-order valence-corrected chi connectivity index (χ3v) is 6.21. The van der Waals surface area contributed by atoms with Gasteiger partial charge >= 0.3 is 0 Å². The SMILES string of the molecule is Cc1nc(-c2ccc3c(c2)N(CC(=O)Nc2ccc(Cl)c(Cl)c2)C(=O)CO3)c(C)s1. The molecule has 0 saturated heterocycles. The maximum Gasteiger partial charge on any atom is 0.265 e. The lowest BCUT2D eigenvalue weighted by Crippen LogP contribution is -2.43. The first-order chi connectivity index (χ1) is 14.3. The van der Waals surface area contributed by atoms with Crippen LogP contribution in [0.15, 0.2) is 36.4 Å². The number of amides is 2. The number of aromatic nitrogens is 1. The number of halogens is 2. The number of benzene rings is 2. The van der Waals surface area contributed by atoms with Crippen molar-refractivity contribution in [2.75, 3.05) is 23.4 Å². The number of nitrogens with zero attached hydrogens (tertiary/aromatic N) is 2. The Kier molecular flexibility index (Phi) is 5.69. The first-order valence-electron chi connectivity index (χ1n) is 9.08. The molecule has 3 aromatic rings. The fraction of sp³-hybridized carbons (Fsp3) is 0.190. The molecule has 1 aromatic heterocycles. The highest BCUT2D eigenvalue weighted by Gasteiger charge is 2.28. The van der Waals surface area contributed by atoms with E-state index >= 15 is 0 Å². The number of anilines is 2. The monoisotopic (exact) mass is 461 g/mol. The van der Waals surface area contributed by atoms with Gasteiger partial charge in [0.2, 0.25) is 5.91 Å². The smallest absolute Gasteiger partial charge is 0.265 e. The van der Waals surface area contributed by atoms with Gasteiger partial charge in [-0.15, -0.1) is 11.3 Å². The molecule has 0 saturated carbocycles. The zero-order chi connectivity index (χ0) is 21.4. The Labute approximate surface area is 187 Å². The van der Waals surface area contributed by atoms with Crippen molar-refractivity contribution in [3.05, 3.63) is 56.3 Å². The number of carbonyl (C=O) groups is 2. The fourth-order valence-corrected chi connectivity index (χ4v) is 4.38. The summed E-state index contributed by atoms with van der Waals surface area (Å²) < 4.78 is 5.55. The highest BCUT2D eigenvalue weighted by molar-refractivity contribution is 7.11. The Hall–Kier alpha value is -2.61. The van der Waals surface area contributed by atoms with Crippen LogP contribution in [0.2, 0.25) is 10.0 Å². The Morgan fingerprint density at radius 2 is 2.00 bits per heavy atom. The zero-order valence-corrected chi connectivity index (χ0v) is 18.5. The second-order valence-corrected chi connectivity index (χ2v) is 8.99. The number of rotatable bonds is 4. The van der Waals surface area contributed by atoms with Gasteiger partial charge in [-0.05, 0) is 50.2 Å². The lowest BCUT2D eigenvalue weighted by Gasteiger charge is -2.29. The summed E-state index contributed by atoms with van der Waals surface area (Å²) in [6, 6.07) is 10.3. The van der Waals surface area contributed by atoms with Gasteiger partial charge in [0.15, 0.2) is 6.61 Å². The van der Waals surface area contributed by atoms with Crippen molar-refractivity contribution in [3.8, 4) is 17.0 Å². The molecule has 0 unspecified atom stereocenters. The van der Waals surface area contributed by atoms with Crippen LogP contribution in [0, 0.1) is 13.8 Å². The Morgan fingerprint density at radius 1 is 1.20 bits per heavy atom. The predicted molar refractivity (Wildman–Crippen MR) is 120 cm³/mol. The van der Waals surface area contributed by atoms with Gasteiger partial charge < -0.3 is 10.1 Å². The molecule has 0 atom stereocenters. The van der Waals surface area contributed by atoms with Crippen molar-refractivity contribution in [1.82, 2.24) is 4.98 Å². The van der Waals surface area contributed by atoms with Crippen LogP contribution in [0.3, 0.4) is 0 Å². The van der Waals surface area contributed by atoms with Crippen LogP contribution in [-0.2, 0) is 9.59 Å². The second-order valence-electron chi connectivity index (χ2n) is 6.77. The van der Waals surface area contributed by atoms with Crippen LogP contribution in [0.25, 0.3) is 11.3 Å². The summed E-state index contributed by atoms with van der Waals surface area (Å²) in [6.45, 7) is 3.67. The molecule has 0 radical (unpaired) electrons. The number of fused-ring (bicyclic) bond motifs is 1. The van der Waals surface area contributed by atoms with Gasteiger partial charge in [0.05, 0.1) is 26.4 Å². The van der Waals surface area contributed by atoms with E-state index in [1.54, 1.807) is 35.6 Å². The molecule has 2 amide bonds. The van der Waals surface area contributed by atoms with E-state index in [0.29, 0.717) is 27.2 Å². The topological polar surface area (TPSA) is 71.5 Å². The van der Waals surface area contributed by atoms with Gasteiger partial charge in [-0.25, -0.2) is 4.98 Å². The van der Waals surface area contributed by atoms with E-state index in [-0.39, 0.29) is 25.0 Å². The Morgan fingerprint density at radius 3 is 2.70 bits per heavy atom. The third kappa shape index (κ3) is 4.14. The highest BCUT2D eigenvalue weighted by atomic mass is 35.5. The third-order valence-electron chi connectivity index (χ3n) is 4.58. The van der Waals surface area contributed by atoms with Crippen LogP contribution >= 0.6 is 34.5 Å². The van der Waals surface area contributed by atoms with Crippen LogP contribution < -0.4 is 15.0 Å². The summed E-state index contributed by atoms with van der Waals surface area (Å²) in [6.07, 6.45) is 0. The molecule has 30 heavy (non-hydrogen) atoms. The molecule has 154 valence electrons. The fourth-order valence-electron chi connectivity index (χ4n) is 3.24. The molecule has 2 heterocycles. The van der Waals surface area contributed by atoms with Crippen LogP contribution in [0.1, 0.15) is 9.88 Å². The number of hydrogen-bond acceptors (Lipinski definition) is 5. The van der Waals surface area contributed by atoms with E-state index in [0.717, 1.165) is 21.1 Å². The maximum absolute atomic E-state index is 12.6. The first kappa shape index (κ1) is 20.7. The highest BCUT2D eigenvalue weighted by Crippen LogP contribution is 2.37. The molecule has 0 spiro atoms. The van der Waals surface area contributed by atoms with Crippen molar-refractivity contribution in [2.45, 2.75) is 13.8 Å². The molecule has 0 bridgehead atoms. The summed E-state index contributed by atoms with van der Waals surface area (Å²) in [5, 5.41) is 4.43. The summed E-state index contributed by atoms with van der Waals surface area (Å²) in [4.78, 5) is 32.2. The average Bonchev–Trinajstić information content (AvgIpc) is 3.04. The van der Waals surface area contributed by atoms with Crippen molar-refractivity contribution in [2.24, 2.45) is 0 Å². The molecule has 0 fully saturated rings. The standard InChI is InChI=1S/C21H17Cl2N3O3S/c1-11-21(24-12(2)30-11)13-3-6-18-17(7-13)26(20(28)10-29-18)9-19(27)25-14-4-5-15(22)16(23)8-14/h3-8H,9-10H2,1-2H3,(H,25,27). The van der Waals surface area contributed by atoms with Gasteiger partial charge in [0.1, 0.15) is 12.3 Å². The molecule has 4 rings (SSSR count). The minimum Gasteiger partial charge on any atom is -0.482 e. The normalized spacial score (nSPS) is 13.1. The van der Waals surface area contributed by atoms with E-state index in [2.05, 4.69) is 10.3 Å². The summed E-state index contributed by atoms with van der Waals surface area (Å²) >= 11 is 13.5. The minimum absolute atomic E-state index is 0.124. The second kappa shape index (κ2) is 8.26. The molecule has 6 nitrogen and oxygen atoms in total. The van der Waals surface area contributed by atoms with Crippen molar-refractivity contribution in [1.29, 1.82) is 0 Å².